The van der Waals surface area contributed by atoms with Gasteiger partial charge >= 0.3 is 5.97 Å². The lowest BCUT2D eigenvalue weighted by molar-refractivity contribution is -0.150. The van der Waals surface area contributed by atoms with Crippen molar-refractivity contribution in [1.82, 2.24) is 10.2 Å². The van der Waals surface area contributed by atoms with E-state index in [-0.39, 0.29) is 23.1 Å². The minimum Gasteiger partial charge on any atom is -0.480 e. The van der Waals surface area contributed by atoms with Gasteiger partial charge in [-0.05, 0) is 31.1 Å². The SMILES string of the molecule is CC(C)[C@H](C)[C@H](S)C(=O)N[C@H]1CCC[C@H]2SC[C@@H](C(=O)O)N2C1=O. The molecule has 136 valence electrons. The number of nitrogens with zero attached hydrogens (tertiary/aromatic N) is 1. The van der Waals surface area contributed by atoms with Crippen LogP contribution < -0.4 is 5.32 Å². The number of hydrogen-bond donors (Lipinski definition) is 3. The molecular formula is C16H26N2O4S2. The molecule has 0 spiro atoms. The van der Waals surface area contributed by atoms with Crippen molar-refractivity contribution in [3.63, 3.8) is 0 Å². The van der Waals surface area contributed by atoms with Crippen LogP contribution in [0.25, 0.3) is 0 Å². The molecule has 2 saturated heterocycles. The van der Waals surface area contributed by atoms with Gasteiger partial charge in [-0.15, -0.1) is 11.8 Å². The molecule has 0 aliphatic carbocycles. The molecule has 8 heteroatoms. The summed E-state index contributed by atoms with van der Waals surface area (Å²) in [4.78, 5) is 38.1. The van der Waals surface area contributed by atoms with E-state index in [4.69, 9.17) is 0 Å². The van der Waals surface area contributed by atoms with Crippen LogP contribution in [-0.4, -0.2) is 56.3 Å². The van der Waals surface area contributed by atoms with E-state index in [0.29, 0.717) is 18.1 Å². The van der Waals surface area contributed by atoms with E-state index < -0.39 is 23.3 Å². The predicted molar refractivity (Wildman–Crippen MR) is 97.1 cm³/mol. The first kappa shape index (κ1) is 19.4. The summed E-state index contributed by atoms with van der Waals surface area (Å²) in [5, 5.41) is 11.6. The van der Waals surface area contributed by atoms with Crippen molar-refractivity contribution in [3.8, 4) is 0 Å². The van der Waals surface area contributed by atoms with Gasteiger partial charge < -0.3 is 15.3 Å². The molecule has 0 aromatic heterocycles. The van der Waals surface area contributed by atoms with Gasteiger partial charge in [0.25, 0.3) is 0 Å². The Morgan fingerprint density at radius 1 is 1.33 bits per heavy atom. The zero-order chi connectivity index (χ0) is 18.0. The van der Waals surface area contributed by atoms with E-state index in [1.807, 2.05) is 20.8 Å². The van der Waals surface area contributed by atoms with Gasteiger partial charge in [-0.2, -0.15) is 12.6 Å². The normalized spacial score (nSPS) is 29.8. The summed E-state index contributed by atoms with van der Waals surface area (Å²) in [5.74, 6) is -0.719. The number of rotatable bonds is 5. The third-order valence-corrected chi connectivity index (χ3v) is 7.07. The molecule has 0 bridgehead atoms. The average Bonchev–Trinajstić information content (AvgIpc) is 2.89. The smallest absolute Gasteiger partial charge is 0.327 e. The summed E-state index contributed by atoms with van der Waals surface area (Å²) in [7, 11) is 0. The highest BCUT2D eigenvalue weighted by Gasteiger charge is 2.45. The van der Waals surface area contributed by atoms with E-state index >= 15 is 0 Å². The van der Waals surface area contributed by atoms with Crippen molar-refractivity contribution in [2.75, 3.05) is 5.75 Å². The van der Waals surface area contributed by atoms with Crippen LogP contribution in [0.3, 0.4) is 0 Å². The van der Waals surface area contributed by atoms with Crippen LogP contribution in [0, 0.1) is 11.8 Å². The summed E-state index contributed by atoms with van der Waals surface area (Å²) >= 11 is 5.92. The van der Waals surface area contributed by atoms with Gasteiger partial charge in [0.2, 0.25) is 11.8 Å². The van der Waals surface area contributed by atoms with Crippen LogP contribution in [0.2, 0.25) is 0 Å². The van der Waals surface area contributed by atoms with Crippen LogP contribution in [0.4, 0.5) is 0 Å². The van der Waals surface area contributed by atoms with Crippen LogP contribution in [-0.2, 0) is 14.4 Å². The Bertz CT molecular complexity index is 514. The van der Waals surface area contributed by atoms with Crippen LogP contribution in [0.1, 0.15) is 40.0 Å². The van der Waals surface area contributed by atoms with Gasteiger partial charge in [0.05, 0.1) is 10.6 Å². The zero-order valence-electron chi connectivity index (χ0n) is 14.3. The monoisotopic (exact) mass is 374 g/mol. The quantitative estimate of drug-likeness (QED) is 0.637. The number of carbonyl (C=O) groups is 3. The van der Waals surface area contributed by atoms with Gasteiger partial charge in [-0.25, -0.2) is 4.79 Å². The zero-order valence-corrected chi connectivity index (χ0v) is 16.0. The Kier molecular flexibility index (Phi) is 6.47. The number of hydrogen-bond acceptors (Lipinski definition) is 5. The molecule has 2 amide bonds. The summed E-state index contributed by atoms with van der Waals surface area (Å²) < 4.78 is 0. The number of carbonyl (C=O) groups excluding carboxylic acids is 2. The van der Waals surface area contributed by atoms with Gasteiger partial charge in [-0.1, -0.05) is 20.8 Å². The first-order chi connectivity index (χ1) is 11.2. The highest BCUT2D eigenvalue weighted by molar-refractivity contribution is 8.00. The van der Waals surface area contributed by atoms with Crippen molar-refractivity contribution in [3.05, 3.63) is 0 Å². The lowest BCUT2D eigenvalue weighted by Gasteiger charge is -2.29. The molecule has 2 aliphatic heterocycles. The molecule has 0 aromatic carbocycles. The molecule has 24 heavy (non-hydrogen) atoms. The molecular weight excluding hydrogens is 348 g/mol. The molecule has 0 aromatic rings. The van der Waals surface area contributed by atoms with E-state index in [2.05, 4.69) is 17.9 Å². The topological polar surface area (TPSA) is 86.7 Å². The van der Waals surface area contributed by atoms with E-state index in [1.165, 1.54) is 16.7 Å². The van der Waals surface area contributed by atoms with Crippen LogP contribution >= 0.6 is 24.4 Å². The Labute approximate surface area is 152 Å². The predicted octanol–water partition coefficient (Wildman–Crippen LogP) is 1.60. The molecule has 2 rings (SSSR count). The second-order valence-corrected chi connectivity index (χ2v) is 8.69. The molecule has 0 saturated carbocycles. The number of carboxylic acid groups (broad SMARTS) is 1. The molecule has 2 heterocycles. The number of amides is 2. The molecule has 2 N–H and O–H groups in total. The summed E-state index contributed by atoms with van der Waals surface area (Å²) in [5.41, 5.74) is 0. The lowest BCUT2D eigenvalue weighted by atomic mass is 9.93. The first-order valence-electron chi connectivity index (χ1n) is 8.39. The molecule has 2 aliphatic rings. The second-order valence-electron chi connectivity index (χ2n) is 6.93. The summed E-state index contributed by atoms with van der Waals surface area (Å²) in [6, 6.07) is -1.46. The Morgan fingerprint density at radius 3 is 2.58 bits per heavy atom. The highest BCUT2D eigenvalue weighted by Crippen LogP contribution is 2.35. The average molecular weight is 375 g/mol. The van der Waals surface area contributed by atoms with Crippen molar-refractivity contribution >= 4 is 42.2 Å². The number of carboxylic acids is 1. The second kappa shape index (κ2) is 7.99. The van der Waals surface area contributed by atoms with Crippen molar-refractivity contribution in [1.29, 1.82) is 0 Å². The maximum absolute atomic E-state index is 12.8. The molecule has 2 fully saturated rings. The fourth-order valence-electron chi connectivity index (χ4n) is 3.07. The van der Waals surface area contributed by atoms with Crippen LogP contribution in [0.15, 0.2) is 0 Å². The van der Waals surface area contributed by atoms with Crippen molar-refractivity contribution in [2.45, 2.75) is 62.7 Å². The molecule has 0 unspecified atom stereocenters. The Morgan fingerprint density at radius 2 is 2.00 bits per heavy atom. The standard InChI is InChI=1S/C16H26N2O4S2/c1-8(2)9(3)13(23)14(19)17-10-5-4-6-12-18(15(10)20)11(7-24-12)16(21)22/h8-13,23H,4-7H2,1-3H3,(H,17,19)(H,21,22)/t9-,10-,11-,12+,13-/m0/s1. The summed E-state index contributed by atoms with van der Waals surface area (Å²) in [6.45, 7) is 6.02. The largest absolute Gasteiger partial charge is 0.480 e. The Balaban J connectivity index is 2.09. The lowest BCUT2D eigenvalue weighted by Crippen LogP contribution is -2.54. The number of aliphatic carboxylic acids is 1. The van der Waals surface area contributed by atoms with Crippen LogP contribution in [0.5, 0.6) is 0 Å². The number of thioether (sulfide) groups is 1. The minimum atomic E-state index is -0.981. The van der Waals surface area contributed by atoms with Gasteiger partial charge in [0.1, 0.15) is 12.1 Å². The number of nitrogens with one attached hydrogen (secondary N) is 1. The van der Waals surface area contributed by atoms with Crippen molar-refractivity contribution in [2.24, 2.45) is 11.8 Å². The van der Waals surface area contributed by atoms with Gasteiger partial charge in [-0.3, -0.25) is 9.59 Å². The molecule has 5 atom stereocenters. The van der Waals surface area contributed by atoms with Gasteiger partial charge in [0, 0.05) is 5.75 Å². The summed E-state index contributed by atoms with van der Waals surface area (Å²) in [6.07, 6.45) is 2.09. The maximum atomic E-state index is 12.8. The fraction of sp³-hybridized carbons (Fsp3) is 0.812. The Hall–Kier alpha value is -0.890. The third-order valence-electron chi connectivity index (χ3n) is 5.01. The van der Waals surface area contributed by atoms with Crippen molar-refractivity contribution < 1.29 is 19.5 Å². The third kappa shape index (κ3) is 4.02. The van der Waals surface area contributed by atoms with E-state index in [9.17, 15) is 19.5 Å². The fourth-order valence-corrected chi connectivity index (χ4v) is 4.94. The molecule has 0 radical (unpaired) electrons. The minimum absolute atomic E-state index is 0.0797. The van der Waals surface area contributed by atoms with Gasteiger partial charge in [0.15, 0.2) is 0 Å². The van der Waals surface area contributed by atoms with E-state index in [0.717, 1.165) is 12.8 Å². The highest BCUT2D eigenvalue weighted by atomic mass is 32.2. The molecule has 6 nitrogen and oxygen atoms in total. The number of thiol groups is 1. The van der Waals surface area contributed by atoms with E-state index in [1.54, 1.807) is 0 Å². The number of fused-ring (bicyclic) bond motifs is 1. The first-order valence-corrected chi connectivity index (χ1v) is 9.95. The maximum Gasteiger partial charge on any atom is 0.327 e.